The van der Waals surface area contributed by atoms with E-state index >= 15 is 0 Å². The van der Waals surface area contributed by atoms with E-state index in [9.17, 15) is 14.7 Å². The van der Waals surface area contributed by atoms with Crippen molar-refractivity contribution in [3.63, 3.8) is 0 Å². The van der Waals surface area contributed by atoms with Crippen LogP contribution in [0.2, 0.25) is 0 Å². The van der Waals surface area contributed by atoms with Gasteiger partial charge in [0.15, 0.2) is 5.78 Å². The molecule has 0 aliphatic heterocycles. The van der Waals surface area contributed by atoms with Gasteiger partial charge in [-0.3, -0.25) is 9.59 Å². The number of allylic oxidation sites excluding steroid dienone is 1. The second-order valence-electron chi connectivity index (χ2n) is 9.41. The second kappa shape index (κ2) is 5.27. The lowest BCUT2D eigenvalue weighted by molar-refractivity contribution is -0.143. The van der Waals surface area contributed by atoms with Crippen LogP contribution in [0.15, 0.2) is 11.6 Å². The Morgan fingerprint density at radius 2 is 1.96 bits per heavy atom. The summed E-state index contributed by atoms with van der Waals surface area (Å²) in [4.78, 5) is 24.0. The highest BCUT2D eigenvalue weighted by Gasteiger charge is 2.62. The van der Waals surface area contributed by atoms with Gasteiger partial charge in [-0.1, -0.05) is 19.4 Å². The Morgan fingerprint density at radius 1 is 1.21 bits per heavy atom. The monoisotopic (exact) mass is 330 g/mol. The number of fused-ring (bicyclic) bond motifs is 5. The molecule has 24 heavy (non-hydrogen) atoms. The first-order valence-corrected chi connectivity index (χ1v) is 9.70. The van der Waals surface area contributed by atoms with Crippen LogP contribution in [0.25, 0.3) is 0 Å². The number of carbonyl (C=O) groups is 2. The third kappa shape index (κ3) is 2.06. The average molecular weight is 330 g/mol. The molecule has 0 saturated heterocycles. The first-order valence-electron chi connectivity index (χ1n) is 9.70. The summed E-state index contributed by atoms with van der Waals surface area (Å²) >= 11 is 0. The van der Waals surface area contributed by atoms with E-state index in [2.05, 4.69) is 13.8 Å². The molecule has 4 aliphatic carbocycles. The minimum absolute atomic E-state index is 0.0219. The minimum atomic E-state index is -0.349. The van der Waals surface area contributed by atoms with Crippen molar-refractivity contribution in [2.45, 2.75) is 71.8 Å². The maximum absolute atomic E-state index is 12.2. The minimum Gasteiger partial charge on any atom is -0.393 e. The molecule has 0 spiro atoms. The topological polar surface area (TPSA) is 54.4 Å². The fraction of sp³-hybridized carbons (Fsp3) is 0.810. The summed E-state index contributed by atoms with van der Waals surface area (Å²) in [5, 5.41) is 11.2. The van der Waals surface area contributed by atoms with Crippen LogP contribution in [-0.2, 0) is 9.59 Å². The highest BCUT2D eigenvalue weighted by atomic mass is 16.3. The van der Waals surface area contributed by atoms with Gasteiger partial charge in [0, 0.05) is 12.3 Å². The summed E-state index contributed by atoms with van der Waals surface area (Å²) in [5.74, 6) is 1.99. The van der Waals surface area contributed by atoms with Gasteiger partial charge in [-0.05, 0) is 80.1 Å². The Bertz CT molecular complexity index is 621. The van der Waals surface area contributed by atoms with Gasteiger partial charge in [0.2, 0.25) is 0 Å². The van der Waals surface area contributed by atoms with Gasteiger partial charge in [-0.15, -0.1) is 0 Å². The number of rotatable bonds is 1. The van der Waals surface area contributed by atoms with Crippen molar-refractivity contribution in [2.75, 3.05) is 0 Å². The van der Waals surface area contributed by atoms with Crippen molar-refractivity contribution in [2.24, 2.45) is 34.5 Å². The molecule has 3 fully saturated rings. The van der Waals surface area contributed by atoms with E-state index in [-0.39, 0.29) is 34.6 Å². The van der Waals surface area contributed by atoms with E-state index in [1.807, 2.05) is 6.08 Å². The fourth-order valence-corrected chi connectivity index (χ4v) is 7.35. The van der Waals surface area contributed by atoms with Gasteiger partial charge in [0.1, 0.15) is 5.78 Å². The van der Waals surface area contributed by atoms with Crippen LogP contribution in [0.1, 0.15) is 65.7 Å². The second-order valence-corrected chi connectivity index (χ2v) is 9.41. The Labute approximate surface area is 144 Å². The molecule has 0 radical (unpaired) electrons. The molecule has 4 aliphatic rings. The highest BCUT2D eigenvalue weighted by Crippen LogP contribution is 2.66. The summed E-state index contributed by atoms with van der Waals surface area (Å²) in [5.41, 5.74) is 1.23. The Kier molecular flexibility index (Phi) is 3.62. The normalized spacial score (nSPS) is 50.6. The summed E-state index contributed by atoms with van der Waals surface area (Å²) in [6.07, 6.45) is 7.97. The molecule has 3 heteroatoms. The highest BCUT2D eigenvalue weighted by molar-refractivity contribution is 5.91. The number of ketones is 2. The van der Waals surface area contributed by atoms with Crippen LogP contribution in [0.4, 0.5) is 0 Å². The Morgan fingerprint density at radius 3 is 2.67 bits per heavy atom. The van der Waals surface area contributed by atoms with Gasteiger partial charge in [0.05, 0.1) is 6.10 Å². The zero-order chi connectivity index (χ0) is 17.3. The molecule has 3 saturated carbocycles. The smallest absolute Gasteiger partial charge is 0.155 e. The number of aliphatic hydroxyl groups excluding tert-OH is 1. The molecular formula is C21H30O3. The summed E-state index contributed by atoms with van der Waals surface area (Å²) in [7, 11) is 0. The van der Waals surface area contributed by atoms with Crippen LogP contribution in [-0.4, -0.2) is 22.8 Å². The molecule has 0 bridgehead atoms. The van der Waals surface area contributed by atoms with Crippen molar-refractivity contribution >= 4 is 11.6 Å². The van der Waals surface area contributed by atoms with Gasteiger partial charge in [-0.2, -0.15) is 0 Å². The molecule has 7 atom stereocenters. The SMILES string of the molecule is CC(=O)[C@@H]1CC[C@H]2[C@@H]3CCC4=CC(=O)CC[C@@]4(C)[C@@H]3[C@H](O)C[C@]12C. The van der Waals surface area contributed by atoms with Gasteiger partial charge in [-0.25, -0.2) is 0 Å². The van der Waals surface area contributed by atoms with E-state index in [0.29, 0.717) is 24.0 Å². The lowest BCUT2D eigenvalue weighted by Gasteiger charge is -2.59. The van der Waals surface area contributed by atoms with E-state index in [1.165, 1.54) is 5.57 Å². The van der Waals surface area contributed by atoms with Crippen LogP contribution < -0.4 is 0 Å². The standard InChI is InChI=1S/C21H30O3/c1-12(22)16-6-7-17-15-5-4-13-10-14(23)8-9-20(13,2)19(15)18(24)11-21(16,17)3/h10,15-19,24H,4-9,11H2,1-3H3/t15-,16-,17-,18+,19-,20+,21+/m0/s1. The molecule has 0 aromatic heterocycles. The number of Topliss-reactive ketones (excluding diaryl/α,β-unsaturated/α-hetero) is 1. The maximum Gasteiger partial charge on any atom is 0.155 e. The van der Waals surface area contributed by atoms with E-state index in [0.717, 1.165) is 38.5 Å². The van der Waals surface area contributed by atoms with Crippen molar-refractivity contribution in [3.05, 3.63) is 11.6 Å². The zero-order valence-electron chi connectivity index (χ0n) is 15.2. The molecule has 4 rings (SSSR count). The third-order valence-corrected chi connectivity index (χ3v) is 8.38. The molecule has 3 nitrogen and oxygen atoms in total. The van der Waals surface area contributed by atoms with E-state index in [4.69, 9.17) is 0 Å². The van der Waals surface area contributed by atoms with E-state index in [1.54, 1.807) is 6.92 Å². The van der Waals surface area contributed by atoms with Crippen molar-refractivity contribution < 1.29 is 14.7 Å². The maximum atomic E-state index is 12.2. The predicted octanol–water partition coefficient (Wildman–Crippen LogP) is 3.69. The van der Waals surface area contributed by atoms with Crippen molar-refractivity contribution in [1.29, 1.82) is 0 Å². The molecule has 0 amide bonds. The molecule has 0 unspecified atom stereocenters. The number of hydrogen-bond donors (Lipinski definition) is 1. The van der Waals surface area contributed by atoms with Gasteiger partial charge in [0.25, 0.3) is 0 Å². The van der Waals surface area contributed by atoms with Crippen LogP contribution in [0, 0.1) is 34.5 Å². The molecular weight excluding hydrogens is 300 g/mol. The first-order chi connectivity index (χ1) is 11.3. The summed E-state index contributed by atoms with van der Waals surface area (Å²) in [6, 6.07) is 0. The quantitative estimate of drug-likeness (QED) is 0.797. The number of carbonyl (C=O) groups excluding carboxylic acids is 2. The van der Waals surface area contributed by atoms with Crippen molar-refractivity contribution in [3.8, 4) is 0 Å². The van der Waals surface area contributed by atoms with Crippen LogP contribution in [0.5, 0.6) is 0 Å². The third-order valence-electron chi connectivity index (χ3n) is 8.38. The first kappa shape index (κ1) is 16.5. The van der Waals surface area contributed by atoms with E-state index < -0.39 is 0 Å². The molecule has 132 valence electrons. The molecule has 1 N–H and O–H groups in total. The lowest BCUT2D eigenvalue weighted by atomic mass is 9.46. The Hall–Kier alpha value is -0.960. The lowest BCUT2D eigenvalue weighted by Crippen LogP contribution is -2.56. The van der Waals surface area contributed by atoms with Gasteiger partial charge < -0.3 is 5.11 Å². The Balaban J connectivity index is 1.72. The predicted molar refractivity (Wildman–Crippen MR) is 92.3 cm³/mol. The number of hydrogen-bond acceptors (Lipinski definition) is 3. The molecule has 0 heterocycles. The zero-order valence-corrected chi connectivity index (χ0v) is 15.2. The van der Waals surface area contributed by atoms with Crippen LogP contribution >= 0.6 is 0 Å². The largest absolute Gasteiger partial charge is 0.393 e. The van der Waals surface area contributed by atoms with Gasteiger partial charge >= 0.3 is 0 Å². The molecule has 0 aromatic carbocycles. The summed E-state index contributed by atoms with van der Waals surface area (Å²) < 4.78 is 0. The van der Waals surface area contributed by atoms with Crippen molar-refractivity contribution in [1.82, 2.24) is 0 Å². The summed E-state index contributed by atoms with van der Waals surface area (Å²) in [6.45, 7) is 6.27. The molecule has 0 aromatic rings. The average Bonchev–Trinajstić information content (AvgIpc) is 2.84. The van der Waals surface area contributed by atoms with Crippen LogP contribution in [0.3, 0.4) is 0 Å². The number of aliphatic hydroxyl groups is 1. The fourth-order valence-electron chi connectivity index (χ4n) is 7.35.